The predicted octanol–water partition coefficient (Wildman–Crippen LogP) is 6.56. The highest BCUT2D eigenvalue weighted by molar-refractivity contribution is 6.13. The second kappa shape index (κ2) is 9.11. The van der Waals surface area contributed by atoms with Crippen molar-refractivity contribution in [2.24, 2.45) is 0 Å². The summed E-state index contributed by atoms with van der Waals surface area (Å²) in [6, 6.07) is 25.5. The van der Waals surface area contributed by atoms with Crippen molar-refractivity contribution in [2.75, 3.05) is 12.4 Å². The number of aryl methyl sites for hydroxylation is 1. The highest BCUT2D eigenvalue weighted by atomic mass is 16.5. The highest BCUT2D eigenvalue weighted by Crippen LogP contribution is 2.28. The van der Waals surface area contributed by atoms with E-state index in [9.17, 15) is 4.79 Å². The zero-order valence-corrected chi connectivity index (χ0v) is 18.1. The van der Waals surface area contributed by atoms with Crippen molar-refractivity contribution < 1.29 is 9.53 Å². The monoisotopic (exact) mass is 410 g/mol. The van der Waals surface area contributed by atoms with Gasteiger partial charge in [-0.15, -0.1) is 0 Å². The number of ether oxygens (including phenoxy) is 1. The van der Waals surface area contributed by atoms with Crippen molar-refractivity contribution in [3.8, 4) is 11.3 Å². The van der Waals surface area contributed by atoms with Gasteiger partial charge in [-0.25, -0.2) is 4.98 Å². The van der Waals surface area contributed by atoms with Gasteiger partial charge in [0.25, 0.3) is 5.91 Å². The lowest BCUT2D eigenvalue weighted by Crippen LogP contribution is -2.13. The van der Waals surface area contributed by atoms with Crippen LogP contribution in [0.25, 0.3) is 22.2 Å². The summed E-state index contributed by atoms with van der Waals surface area (Å²) in [7, 11) is 1.72. The van der Waals surface area contributed by atoms with Crippen molar-refractivity contribution in [3.63, 3.8) is 0 Å². The van der Waals surface area contributed by atoms with Crippen LogP contribution in [0.1, 0.15) is 40.9 Å². The molecule has 3 aromatic carbocycles. The molecule has 0 radical (unpaired) electrons. The summed E-state index contributed by atoms with van der Waals surface area (Å²) in [6.45, 7) is 4.14. The van der Waals surface area contributed by atoms with Crippen molar-refractivity contribution >= 4 is 22.5 Å². The van der Waals surface area contributed by atoms with Gasteiger partial charge < -0.3 is 10.1 Å². The van der Waals surface area contributed by atoms with E-state index in [1.165, 1.54) is 0 Å². The van der Waals surface area contributed by atoms with Gasteiger partial charge in [0.2, 0.25) is 0 Å². The Labute approximate surface area is 182 Å². The van der Waals surface area contributed by atoms with E-state index in [4.69, 9.17) is 9.72 Å². The van der Waals surface area contributed by atoms with Crippen LogP contribution < -0.4 is 5.32 Å². The maximum atomic E-state index is 13.3. The number of carbonyl (C=O) groups excluding carboxylic acids is 1. The summed E-state index contributed by atoms with van der Waals surface area (Å²) in [5.74, 6) is -0.151. The van der Waals surface area contributed by atoms with Gasteiger partial charge >= 0.3 is 0 Å². The van der Waals surface area contributed by atoms with E-state index in [0.29, 0.717) is 5.56 Å². The molecule has 0 bridgehead atoms. The standard InChI is InChI=1S/C27H26N2O2/c1-4-26(31-3)21-15-14-20(16-18(21)2)28-27(30)23-17-25(19-10-6-5-7-11-19)29-24-13-9-8-12-22(23)24/h5-17,26H,4H2,1-3H3,(H,28,30). The summed E-state index contributed by atoms with van der Waals surface area (Å²) in [5, 5.41) is 3.90. The molecule has 0 saturated carbocycles. The molecule has 1 aromatic heterocycles. The molecule has 156 valence electrons. The Balaban J connectivity index is 1.70. The van der Waals surface area contributed by atoms with Crippen LogP contribution in [0.15, 0.2) is 78.9 Å². The van der Waals surface area contributed by atoms with Gasteiger partial charge in [0.1, 0.15) is 0 Å². The Morgan fingerprint density at radius 1 is 1.00 bits per heavy atom. The Bertz CT molecular complexity index is 1210. The molecule has 1 unspecified atom stereocenters. The minimum Gasteiger partial charge on any atom is -0.377 e. The van der Waals surface area contributed by atoms with Crippen LogP contribution in [0, 0.1) is 6.92 Å². The third kappa shape index (κ3) is 4.35. The molecule has 31 heavy (non-hydrogen) atoms. The number of amides is 1. The molecule has 0 aliphatic heterocycles. The first-order valence-electron chi connectivity index (χ1n) is 10.5. The van der Waals surface area contributed by atoms with Crippen LogP contribution in [0.2, 0.25) is 0 Å². The number of anilines is 1. The molecular formula is C27H26N2O2. The van der Waals surface area contributed by atoms with E-state index in [1.807, 2.05) is 85.8 Å². The van der Waals surface area contributed by atoms with E-state index >= 15 is 0 Å². The normalized spacial score (nSPS) is 12.0. The fourth-order valence-corrected chi connectivity index (χ4v) is 3.95. The van der Waals surface area contributed by atoms with Gasteiger partial charge in [-0.1, -0.05) is 61.5 Å². The van der Waals surface area contributed by atoms with E-state index in [0.717, 1.165) is 45.4 Å². The van der Waals surface area contributed by atoms with Crippen molar-refractivity contribution in [3.05, 3.63) is 95.6 Å². The number of para-hydroxylation sites is 1. The van der Waals surface area contributed by atoms with Gasteiger partial charge in [-0.05, 0) is 48.7 Å². The summed E-state index contributed by atoms with van der Waals surface area (Å²) < 4.78 is 5.57. The second-order valence-electron chi connectivity index (χ2n) is 7.60. The molecule has 1 atom stereocenters. The van der Waals surface area contributed by atoms with E-state index in [1.54, 1.807) is 7.11 Å². The number of rotatable bonds is 6. The lowest BCUT2D eigenvalue weighted by atomic mass is 10.0. The van der Waals surface area contributed by atoms with Crippen LogP contribution in [-0.4, -0.2) is 18.0 Å². The molecule has 0 spiro atoms. The fourth-order valence-electron chi connectivity index (χ4n) is 3.95. The van der Waals surface area contributed by atoms with Gasteiger partial charge in [0.15, 0.2) is 0 Å². The molecule has 4 rings (SSSR count). The quantitative estimate of drug-likeness (QED) is 0.392. The number of nitrogens with one attached hydrogen (secondary N) is 1. The molecule has 0 saturated heterocycles. The molecule has 1 heterocycles. The number of hydrogen-bond donors (Lipinski definition) is 1. The van der Waals surface area contributed by atoms with Crippen LogP contribution >= 0.6 is 0 Å². The van der Waals surface area contributed by atoms with Crippen molar-refractivity contribution in [1.82, 2.24) is 4.98 Å². The largest absolute Gasteiger partial charge is 0.377 e. The number of benzene rings is 3. The Morgan fingerprint density at radius 2 is 1.74 bits per heavy atom. The molecule has 0 fully saturated rings. The molecule has 0 aliphatic rings. The number of carbonyl (C=O) groups is 1. The maximum Gasteiger partial charge on any atom is 0.256 e. The number of hydrogen-bond acceptors (Lipinski definition) is 3. The van der Waals surface area contributed by atoms with Crippen molar-refractivity contribution in [1.29, 1.82) is 0 Å². The smallest absolute Gasteiger partial charge is 0.256 e. The maximum absolute atomic E-state index is 13.3. The van der Waals surface area contributed by atoms with Crippen LogP contribution in [-0.2, 0) is 4.74 Å². The molecule has 0 aliphatic carbocycles. The number of aromatic nitrogens is 1. The lowest BCUT2D eigenvalue weighted by Gasteiger charge is -2.17. The zero-order valence-electron chi connectivity index (χ0n) is 18.1. The number of fused-ring (bicyclic) bond motifs is 1. The first kappa shape index (κ1) is 20.8. The highest BCUT2D eigenvalue weighted by Gasteiger charge is 2.16. The molecular weight excluding hydrogens is 384 g/mol. The molecule has 1 N–H and O–H groups in total. The topological polar surface area (TPSA) is 51.2 Å². The van der Waals surface area contributed by atoms with Gasteiger partial charge in [0.05, 0.1) is 22.9 Å². The van der Waals surface area contributed by atoms with Crippen LogP contribution in [0.5, 0.6) is 0 Å². The average Bonchev–Trinajstić information content (AvgIpc) is 2.81. The van der Waals surface area contributed by atoms with Gasteiger partial charge in [-0.2, -0.15) is 0 Å². The Hall–Kier alpha value is -3.50. The molecule has 4 aromatic rings. The predicted molar refractivity (Wildman–Crippen MR) is 126 cm³/mol. The van der Waals surface area contributed by atoms with E-state index in [-0.39, 0.29) is 12.0 Å². The van der Waals surface area contributed by atoms with E-state index < -0.39 is 0 Å². The third-order valence-corrected chi connectivity index (χ3v) is 5.56. The zero-order chi connectivity index (χ0) is 21.8. The number of pyridine rings is 1. The van der Waals surface area contributed by atoms with Crippen molar-refractivity contribution in [2.45, 2.75) is 26.4 Å². The molecule has 4 nitrogen and oxygen atoms in total. The van der Waals surface area contributed by atoms with Gasteiger partial charge in [-0.3, -0.25) is 4.79 Å². The minimum absolute atomic E-state index is 0.0577. The average molecular weight is 411 g/mol. The van der Waals surface area contributed by atoms with Gasteiger partial charge in [0, 0.05) is 23.7 Å². The number of nitrogens with zero attached hydrogens (tertiary/aromatic N) is 1. The third-order valence-electron chi connectivity index (χ3n) is 5.56. The fraction of sp³-hybridized carbons (Fsp3) is 0.185. The summed E-state index contributed by atoms with van der Waals surface area (Å²) in [4.78, 5) is 18.1. The summed E-state index contributed by atoms with van der Waals surface area (Å²) >= 11 is 0. The second-order valence-corrected chi connectivity index (χ2v) is 7.60. The SMILES string of the molecule is CCC(OC)c1ccc(NC(=O)c2cc(-c3ccccc3)nc3ccccc23)cc1C. The van der Waals surface area contributed by atoms with Crippen LogP contribution in [0.4, 0.5) is 5.69 Å². The first-order chi connectivity index (χ1) is 15.1. The number of methoxy groups -OCH3 is 1. The lowest BCUT2D eigenvalue weighted by molar-refractivity contribution is 0.0995. The van der Waals surface area contributed by atoms with E-state index in [2.05, 4.69) is 12.2 Å². The summed E-state index contributed by atoms with van der Waals surface area (Å²) in [6.07, 6.45) is 0.955. The summed E-state index contributed by atoms with van der Waals surface area (Å²) in [5.41, 5.74) is 6.16. The molecule has 4 heteroatoms. The molecule has 1 amide bonds. The van der Waals surface area contributed by atoms with Crippen LogP contribution in [0.3, 0.4) is 0 Å². The Morgan fingerprint density at radius 3 is 2.45 bits per heavy atom. The Kier molecular flexibility index (Phi) is 6.10. The first-order valence-corrected chi connectivity index (χ1v) is 10.5. The minimum atomic E-state index is -0.151.